The fourth-order valence-corrected chi connectivity index (χ4v) is 5.32. The Morgan fingerprint density at radius 3 is 2.28 bits per heavy atom. The van der Waals surface area contributed by atoms with E-state index in [1.807, 2.05) is 6.92 Å². The van der Waals surface area contributed by atoms with Gasteiger partial charge < -0.3 is 9.47 Å². The second-order valence-corrected chi connectivity index (χ2v) is 10.0. The van der Waals surface area contributed by atoms with Gasteiger partial charge in [0.25, 0.3) is 15.9 Å². The molecule has 0 unspecified atom stereocenters. The Balaban J connectivity index is 1.78. The molecule has 0 amide bonds. The molecule has 8 nitrogen and oxygen atoms in total. The van der Waals surface area contributed by atoms with Crippen molar-refractivity contribution in [2.24, 2.45) is 0 Å². The van der Waals surface area contributed by atoms with Gasteiger partial charge in [0.1, 0.15) is 12.3 Å². The first kappa shape index (κ1) is 25.3. The summed E-state index contributed by atoms with van der Waals surface area (Å²) in [4.78, 5) is 25.8. The van der Waals surface area contributed by atoms with E-state index < -0.39 is 28.4 Å². The lowest BCUT2D eigenvalue weighted by Crippen LogP contribution is -2.37. The maximum Gasteiger partial charge on any atom is 0.340 e. The van der Waals surface area contributed by atoms with E-state index in [4.69, 9.17) is 21.1 Å². The predicted octanol–water partition coefficient (Wildman–Crippen LogP) is 5.02. The van der Waals surface area contributed by atoms with Crippen molar-refractivity contribution in [1.82, 2.24) is 4.57 Å². The van der Waals surface area contributed by atoms with Crippen LogP contribution in [-0.2, 0) is 14.8 Å². The monoisotopic (exact) mass is 526 g/mol. The molecule has 0 aliphatic rings. The number of carbonyl (C=O) groups is 2. The van der Waals surface area contributed by atoms with E-state index in [9.17, 15) is 18.0 Å². The smallest absolute Gasteiger partial charge is 0.340 e. The number of sulfonamides is 1. The zero-order valence-corrected chi connectivity index (χ0v) is 21.1. The number of esters is 1. The summed E-state index contributed by atoms with van der Waals surface area (Å²) in [5.74, 6) is -0.599. The summed E-state index contributed by atoms with van der Waals surface area (Å²) in [5.41, 5.74) is 0.930. The Hall–Kier alpha value is -3.82. The lowest BCUT2D eigenvalue weighted by Gasteiger charge is -2.24. The average molecular weight is 527 g/mol. The molecule has 4 rings (SSSR count). The summed E-state index contributed by atoms with van der Waals surface area (Å²) in [5, 5.41) is 0.901. The number of benzene rings is 3. The molecule has 0 fully saturated rings. The summed E-state index contributed by atoms with van der Waals surface area (Å²) in [6, 6.07) is 18.9. The zero-order valence-electron chi connectivity index (χ0n) is 19.5. The zero-order chi connectivity index (χ0) is 25.9. The molecule has 36 heavy (non-hydrogen) atoms. The van der Waals surface area contributed by atoms with Crippen LogP contribution < -0.4 is 9.04 Å². The van der Waals surface area contributed by atoms with Crippen molar-refractivity contribution in [2.75, 3.05) is 24.6 Å². The van der Waals surface area contributed by atoms with E-state index in [2.05, 4.69) is 0 Å². The molecule has 0 aliphatic carbocycles. The van der Waals surface area contributed by atoms with Crippen LogP contribution in [0.3, 0.4) is 0 Å². The number of aromatic nitrogens is 1. The van der Waals surface area contributed by atoms with Crippen molar-refractivity contribution in [2.45, 2.75) is 11.8 Å². The van der Waals surface area contributed by atoms with Crippen LogP contribution in [0, 0.1) is 0 Å². The quantitative estimate of drug-likeness (QED) is 0.299. The highest BCUT2D eigenvalue weighted by Crippen LogP contribution is 2.28. The summed E-state index contributed by atoms with van der Waals surface area (Å²) in [6.07, 6.45) is 1.37. The molecule has 186 valence electrons. The van der Waals surface area contributed by atoms with Crippen LogP contribution in [-0.4, -0.2) is 45.1 Å². The van der Waals surface area contributed by atoms with Crippen LogP contribution in [0.4, 0.5) is 5.69 Å². The van der Waals surface area contributed by atoms with E-state index in [0.717, 1.165) is 4.31 Å². The van der Waals surface area contributed by atoms with Gasteiger partial charge in [0.15, 0.2) is 0 Å². The highest BCUT2D eigenvalue weighted by atomic mass is 35.5. The van der Waals surface area contributed by atoms with Gasteiger partial charge in [-0.2, -0.15) is 0 Å². The molecule has 0 spiro atoms. The van der Waals surface area contributed by atoms with E-state index >= 15 is 0 Å². The molecule has 10 heteroatoms. The van der Waals surface area contributed by atoms with Gasteiger partial charge >= 0.3 is 5.97 Å². The molecule has 0 radical (unpaired) electrons. The standard InChI is InChI=1S/C26H23ClN2O6S/c1-3-35-20-12-10-19(11-13-20)29(36(32,33)21-14-8-18(27)9-15-21)17-25(30)28-16-23(26(31)34-2)22-6-4-5-7-24(22)28/h4-16H,3,17H2,1-2H3. The normalized spacial score (nSPS) is 11.3. The first-order valence-electron chi connectivity index (χ1n) is 11.0. The number of fused-ring (bicyclic) bond motifs is 1. The van der Waals surface area contributed by atoms with Crippen molar-refractivity contribution in [3.8, 4) is 5.75 Å². The van der Waals surface area contributed by atoms with E-state index in [0.29, 0.717) is 28.3 Å². The number of hydrogen-bond acceptors (Lipinski definition) is 6. The van der Waals surface area contributed by atoms with Gasteiger partial charge in [0, 0.05) is 16.6 Å². The van der Waals surface area contributed by atoms with Gasteiger partial charge in [-0.25, -0.2) is 13.2 Å². The molecule has 1 heterocycles. The minimum absolute atomic E-state index is 0.0267. The first-order valence-corrected chi connectivity index (χ1v) is 12.8. The number of rotatable bonds is 8. The molecule has 0 saturated carbocycles. The molecule has 0 atom stereocenters. The number of para-hydroxylation sites is 1. The van der Waals surface area contributed by atoms with Gasteiger partial charge in [-0.1, -0.05) is 29.8 Å². The van der Waals surface area contributed by atoms with Crippen LogP contribution in [0.1, 0.15) is 22.1 Å². The van der Waals surface area contributed by atoms with Crippen LogP contribution in [0.5, 0.6) is 5.75 Å². The highest BCUT2D eigenvalue weighted by molar-refractivity contribution is 7.92. The summed E-state index contributed by atoms with van der Waals surface area (Å²) >= 11 is 5.95. The van der Waals surface area contributed by atoms with E-state index in [1.165, 1.54) is 42.1 Å². The van der Waals surface area contributed by atoms with E-state index in [-0.39, 0.29) is 16.1 Å². The Labute approximate surface area is 213 Å². The summed E-state index contributed by atoms with van der Waals surface area (Å²) in [6.45, 7) is 1.76. The first-order chi connectivity index (χ1) is 17.3. The van der Waals surface area contributed by atoms with Crippen LogP contribution in [0.2, 0.25) is 5.02 Å². The second-order valence-electron chi connectivity index (χ2n) is 7.71. The fourth-order valence-electron chi connectivity index (χ4n) is 3.78. The minimum Gasteiger partial charge on any atom is -0.494 e. The van der Waals surface area contributed by atoms with Crippen LogP contribution in [0.15, 0.2) is 83.9 Å². The predicted molar refractivity (Wildman–Crippen MR) is 137 cm³/mol. The number of ether oxygens (including phenoxy) is 2. The average Bonchev–Trinajstić information content (AvgIpc) is 3.27. The number of anilines is 1. The van der Waals surface area contributed by atoms with Crippen molar-refractivity contribution < 1.29 is 27.5 Å². The summed E-state index contributed by atoms with van der Waals surface area (Å²) in [7, 11) is -2.91. The van der Waals surface area contributed by atoms with Crippen LogP contribution in [0.25, 0.3) is 10.9 Å². The topological polar surface area (TPSA) is 94.9 Å². The molecule has 3 aromatic carbocycles. The molecular formula is C26H23ClN2O6S. The molecule has 0 N–H and O–H groups in total. The number of halogens is 1. The second kappa shape index (κ2) is 10.4. The molecule has 4 aromatic rings. The van der Waals surface area contributed by atoms with Gasteiger partial charge in [-0.3, -0.25) is 13.7 Å². The van der Waals surface area contributed by atoms with Gasteiger partial charge in [0.2, 0.25) is 0 Å². The Bertz CT molecular complexity index is 1510. The lowest BCUT2D eigenvalue weighted by atomic mass is 10.2. The van der Waals surface area contributed by atoms with Crippen molar-refractivity contribution in [1.29, 1.82) is 0 Å². The third-order valence-corrected chi connectivity index (χ3v) is 7.54. The number of carbonyl (C=O) groups excluding carboxylic acids is 2. The SMILES string of the molecule is CCOc1ccc(N(CC(=O)n2cc(C(=O)OC)c3ccccc32)S(=O)(=O)c2ccc(Cl)cc2)cc1. The molecular weight excluding hydrogens is 504 g/mol. The van der Waals surface area contributed by atoms with Crippen LogP contribution >= 0.6 is 11.6 Å². The third kappa shape index (κ3) is 4.93. The van der Waals surface area contributed by atoms with E-state index in [1.54, 1.807) is 48.5 Å². The summed E-state index contributed by atoms with van der Waals surface area (Å²) < 4.78 is 39.9. The minimum atomic E-state index is -4.16. The Morgan fingerprint density at radius 2 is 1.64 bits per heavy atom. The van der Waals surface area contributed by atoms with Crippen molar-refractivity contribution in [3.63, 3.8) is 0 Å². The van der Waals surface area contributed by atoms with Crippen molar-refractivity contribution in [3.05, 3.63) is 89.6 Å². The maximum atomic E-state index is 13.7. The number of hydrogen-bond donors (Lipinski definition) is 0. The number of methoxy groups -OCH3 is 1. The number of nitrogens with zero attached hydrogens (tertiary/aromatic N) is 2. The lowest BCUT2D eigenvalue weighted by molar-refractivity contribution is 0.0603. The van der Waals surface area contributed by atoms with Gasteiger partial charge in [0.05, 0.1) is 35.4 Å². The molecule has 0 saturated heterocycles. The Kier molecular flexibility index (Phi) is 7.32. The fraction of sp³-hybridized carbons (Fsp3) is 0.154. The molecule has 0 aliphatic heterocycles. The van der Waals surface area contributed by atoms with Gasteiger partial charge in [-0.15, -0.1) is 0 Å². The largest absolute Gasteiger partial charge is 0.494 e. The van der Waals surface area contributed by atoms with Gasteiger partial charge in [-0.05, 0) is 61.5 Å². The molecule has 1 aromatic heterocycles. The Morgan fingerprint density at radius 1 is 0.972 bits per heavy atom. The molecule has 0 bridgehead atoms. The maximum absolute atomic E-state index is 13.7. The van der Waals surface area contributed by atoms with Crippen molar-refractivity contribution >= 4 is 50.1 Å². The highest BCUT2D eigenvalue weighted by Gasteiger charge is 2.29. The third-order valence-electron chi connectivity index (χ3n) is 5.50.